The van der Waals surface area contributed by atoms with Gasteiger partial charge in [-0.15, -0.1) is 0 Å². The van der Waals surface area contributed by atoms with Crippen LogP contribution in [0.5, 0.6) is 5.75 Å². The number of pyridine rings is 1. The molecule has 6 nitrogen and oxygen atoms in total. The maximum absolute atomic E-state index is 12.0. The van der Waals surface area contributed by atoms with E-state index in [2.05, 4.69) is 10.3 Å². The molecule has 1 aromatic carbocycles. The first-order valence-corrected chi connectivity index (χ1v) is 8.94. The van der Waals surface area contributed by atoms with Gasteiger partial charge >= 0.3 is 5.97 Å². The van der Waals surface area contributed by atoms with Crippen LogP contribution in [-0.2, 0) is 14.3 Å². The molecule has 26 heavy (non-hydrogen) atoms. The zero-order valence-corrected chi connectivity index (χ0v) is 16.3. The van der Waals surface area contributed by atoms with Crippen LogP contribution in [-0.4, -0.2) is 36.1 Å². The van der Waals surface area contributed by atoms with Crippen LogP contribution in [0, 0.1) is 6.92 Å². The predicted molar refractivity (Wildman–Crippen MR) is 101 cm³/mol. The highest BCUT2D eigenvalue weighted by Gasteiger charge is 2.19. The van der Waals surface area contributed by atoms with E-state index in [9.17, 15) is 9.59 Å². The standard InChI is InChI=1S/C18H20Cl2N2O4/c1-4-7-21-18(24)11(3)26-15(23)9-25-17-14(20)8-13(19)12-6-5-10(2)22-16(12)17/h5-6,8,11H,4,7,9H2,1-3H3,(H,21,24)/t11-/m1/s1. The molecule has 0 bridgehead atoms. The van der Waals surface area contributed by atoms with Crippen LogP contribution >= 0.6 is 23.2 Å². The lowest BCUT2D eigenvalue weighted by Gasteiger charge is -2.15. The Morgan fingerprint density at radius 1 is 1.27 bits per heavy atom. The first-order chi connectivity index (χ1) is 12.3. The molecule has 2 rings (SSSR count). The molecular weight excluding hydrogens is 379 g/mol. The number of aromatic nitrogens is 1. The smallest absolute Gasteiger partial charge is 0.344 e. The number of hydrogen-bond acceptors (Lipinski definition) is 5. The number of ether oxygens (including phenoxy) is 2. The monoisotopic (exact) mass is 398 g/mol. The third kappa shape index (κ3) is 4.99. The van der Waals surface area contributed by atoms with Crippen molar-refractivity contribution in [2.24, 2.45) is 0 Å². The second-order valence-corrected chi connectivity index (χ2v) is 6.54. The summed E-state index contributed by atoms with van der Waals surface area (Å²) in [5.74, 6) is -0.793. The van der Waals surface area contributed by atoms with Gasteiger partial charge in [-0.1, -0.05) is 30.1 Å². The molecule has 0 fully saturated rings. The summed E-state index contributed by atoms with van der Waals surface area (Å²) in [4.78, 5) is 28.1. The van der Waals surface area contributed by atoms with Crippen molar-refractivity contribution in [2.75, 3.05) is 13.2 Å². The number of carbonyl (C=O) groups is 2. The average Bonchev–Trinajstić information content (AvgIpc) is 2.58. The van der Waals surface area contributed by atoms with Gasteiger partial charge in [0.15, 0.2) is 18.5 Å². The lowest BCUT2D eigenvalue weighted by molar-refractivity contribution is -0.156. The van der Waals surface area contributed by atoms with E-state index >= 15 is 0 Å². The zero-order valence-electron chi connectivity index (χ0n) is 14.8. The molecule has 0 unspecified atom stereocenters. The van der Waals surface area contributed by atoms with Crippen molar-refractivity contribution in [3.63, 3.8) is 0 Å². The summed E-state index contributed by atoms with van der Waals surface area (Å²) in [5.41, 5.74) is 1.22. The van der Waals surface area contributed by atoms with Crippen molar-refractivity contribution in [2.45, 2.75) is 33.3 Å². The van der Waals surface area contributed by atoms with Crippen LogP contribution in [0.3, 0.4) is 0 Å². The van der Waals surface area contributed by atoms with Crippen molar-refractivity contribution in [3.8, 4) is 5.75 Å². The number of nitrogens with one attached hydrogen (secondary N) is 1. The summed E-state index contributed by atoms with van der Waals surface area (Å²) >= 11 is 12.4. The molecule has 0 aliphatic carbocycles. The van der Waals surface area contributed by atoms with E-state index in [1.54, 1.807) is 0 Å². The van der Waals surface area contributed by atoms with Crippen molar-refractivity contribution in [1.29, 1.82) is 0 Å². The van der Waals surface area contributed by atoms with Crippen molar-refractivity contribution >= 4 is 46.0 Å². The van der Waals surface area contributed by atoms with E-state index in [1.165, 1.54) is 13.0 Å². The van der Waals surface area contributed by atoms with E-state index in [0.29, 0.717) is 22.5 Å². The number of amides is 1. The summed E-state index contributed by atoms with van der Waals surface area (Å²) in [7, 11) is 0. The molecule has 0 saturated heterocycles. The average molecular weight is 399 g/mol. The fraction of sp³-hybridized carbons (Fsp3) is 0.389. The largest absolute Gasteiger partial charge is 0.478 e. The molecule has 0 aliphatic rings. The number of benzene rings is 1. The first-order valence-electron chi connectivity index (χ1n) is 8.18. The van der Waals surface area contributed by atoms with Crippen LogP contribution in [0.25, 0.3) is 10.9 Å². The number of nitrogens with zero attached hydrogens (tertiary/aromatic N) is 1. The molecule has 1 amide bonds. The van der Waals surface area contributed by atoms with E-state index in [0.717, 1.165) is 12.1 Å². The molecule has 0 radical (unpaired) electrons. The fourth-order valence-electron chi connectivity index (χ4n) is 2.24. The number of rotatable bonds is 7. The van der Waals surface area contributed by atoms with Crippen LogP contribution in [0.15, 0.2) is 18.2 Å². The van der Waals surface area contributed by atoms with Gasteiger partial charge in [-0.2, -0.15) is 0 Å². The SMILES string of the molecule is CCCNC(=O)[C@@H](C)OC(=O)COc1c(Cl)cc(Cl)c2ccc(C)nc12. The lowest BCUT2D eigenvalue weighted by atomic mass is 10.2. The zero-order chi connectivity index (χ0) is 19.3. The highest BCUT2D eigenvalue weighted by molar-refractivity contribution is 6.39. The molecule has 2 aromatic rings. The third-order valence-corrected chi connectivity index (χ3v) is 4.13. The van der Waals surface area contributed by atoms with Gasteiger partial charge in [0.05, 0.1) is 10.0 Å². The number of fused-ring (bicyclic) bond motifs is 1. The van der Waals surface area contributed by atoms with Crippen LogP contribution in [0.4, 0.5) is 0 Å². The van der Waals surface area contributed by atoms with Gasteiger partial charge in [0.1, 0.15) is 5.52 Å². The third-order valence-electron chi connectivity index (χ3n) is 3.54. The fourth-order valence-corrected chi connectivity index (χ4v) is 2.81. The molecule has 0 spiro atoms. The highest BCUT2D eigenvalue weighted by atomic mass is 35.5. The van der Waals surface area contributed by atoms with Gasteiger partial charge in [-0.3, -0.25) is 4.79 Å². The second-order valence-electron chi connectivity index (χ2n) is 5.73. The number of halogens is 2. The Balaban J connectivity index is 2.08. The van der Waals surface area contributed by atoms with Gasteiger partial charge in [0.2, 0.25) is 0 Å². The van der Waals surface area contributed by atoms with Crippen molar-refractivity contribution in [1.82, 2.24) is 10.3 Å². The Morgan fingerprint density at radius 3 is 2.69 bits per heavy atom. The molecular formula is C18H20Cl2N2O4. The molecule has 140 valence electrons. The maximum atomic E-state index is 12.0. The summed E-state index contributed by atoms with van der Waals surface area (Å²) in [6, 6.07) is 5.16. The minimum absolute atomic E-state index is 0.238. The van der Waals surface area contributed by atoms with Gasteiger partial charge in [-0.05, 0) is 38.5 Å². The van der Waals surface area contributed by atoms with Gasteiger partial charge in [-0.25, -0.2) is 9.78 Å². The maximum Gasteiger partial charge on any atom is 0.344 e. The van der Waals surface area contributed by atoms with E-state index in [4.69, 9.17) is 32.7 Å². The summed E-state index contributed by atoms with van der Waals surface area (Å²) in [5, 5.41) is 4.00. The molecule has 1 atom stereocenters. The first kappa shape index (κ1) is 20.3. The second kappa shape index (κ2) is 9.05. The normalized spacial score (nSPS) is 11.9. The summed E-state index contributed by atoms with van der Waals surface area (Å²) in [6.45, 7) is 5.37. The highest BCUT2D eigenvalue weighted by Crippen LogP contribution is 2.37. The van der Waals surface area contributed by atoms with E-state index in [-0.39, 0.29) is 16.7 Å². The van der Waals surface area contributed by atoms with Crippen molar-refractivity contribution < 1.29 is 19.1 Å². The van der Waals surface area contributed by atoms with E-state index < -0.39 is 18.7 Å². The van der Waals surface area contributed by atoms with E-state index in [1.807, 2.05) is 26.0 Å². The number of esters is 1. The summed E-state index contributed by atoms with van der Waals surface area (Å²) in [6.07, 6.45) is -0.111. The lowest BCUT2D eigenvalue weighted by Crippen LogP contribution is -2.37. The molecule has 0 saturated carbocycles. The van der Waals surface area contributed by atoms with Crippen LogP contribution < -0.4 is 10.1 Å². The Labute approximate surface area is 161 Å². The molecule has 8 heteroatoms. The Morgan fingerprint density at radius 2 is 2.00 bits per heavy atom. The molecule has 0 aliphatic heterocycles. The molecule has 1 heterocycles. The minimum Gasteiger partial charge on any atom is -0.478 e. The Kier molecular flexibility index (Phi) is 7.06. The van der Waals surface area contributed by atoms with Gasteiger partial charge in [0, 0.05) is 17.6 Å². The quantitative estimate of drug-likeness (QED) is 0.719. The predicted octanol–water partition coefficient (Wildman–Crippen LogP) is 3.69. The minimum atomic E-state index is -0.907. The van der Waals surface area contributed by atoms with Crippen LogP contribution in [0.1, 0.15) is 26.0 Å². The van der Waals surface area contributed by atoms with Crippen molar-refractivity contribution in [3.05, 3.63) is 33.9 Å². The van der Waals surface area contributed by atoms with Gasteiger partial charge in [0.25, 0.3) is 5.91 Å². The van der Waals surface area contributed by atoms with Gasteiger partial charge < -0.3 is 14.8 Å². The van der Waals surface area contributed by atoms with Crippen LogP contribution in [0.2, 0.25) is 10.0 Å². The topological polar surface area (TPSA) is 77.5 Å². The Bertz CT molecular complexity index is 826. The molecule has 1 aromatic heterocycles. The number of aryl methyl sites for hydroxylation is 1. The number of hydrogen-bond donors (Lipinski definition) is 1. The summed E-state index contributed by atoms with van der Waals surface area (Å²) < 4.78 is 10.6. The Hall–Kier alpha value is -2.05. The molecule has 1 N–H and O–H groups in total. The number of carbonyl (C=O) groups excluding carboxylic acids is 2.